The fourth-order valence-electron chi connectivity index (χ4n) is 5.17. The lowest BCUT2D eigenvalue weighted by atomic mass is 9.87. The lowest BCUT2D eigenvalue weighted by Gasteiger charge is -2.46. The van der Waals surface area contributed by atoms with E-state index in [0.29, 0.717) is 19.1 Å². The normalized spacial score (nSPS) is 32.4. The van der Waals surface area contributed by atoms with Gasteiger partial charge in [0.2, 0.25) is 0 Å². The molecule has 0 saturated carbocycles. The van der Waals surface area contributed by atoms with Gasteiger partial charge in [0, 0.05) is 12.7 Å². The molecular formula is C24H31N3O3. The number of ether oxygens (including phenoxy) is 2. The van der Waals surface area contributed by atoms with Crippen LogP contribution < -0.4 is 5.32 Å². The third-order valence-corrected chi connectivity index (χ3v) is 6.81. The van der Waals surface area contributed by atoms with Gasteiger partial charge >= 0.3 is 0 Å². The van der Waals surface area contributed by atoms with E-state index in [1.165, 1.54) is 5.56 Å². The van der Waals surface area contributed by atoms with Crippen LogP contribution in [0.15, 0.2) is 54.7 Å². The smallest absolute Gasteiger partial charge is 0.176 e. The van der Waals surface area contributed by atoms with E-state index in [0.717, 1.165) is 38.0 Å². The second-order valence-corrected chi connectivity index (χ2v) is 8.75. The Labute approximate surface area is 178 Å². The highest BCUT2D eigenvalue weighted by Crippen LogP contribution is 2.34. The number of aliphatic hydroxyl groups is 1. The van der Waals surface area contributed by atoms with Crippen LogP contribution in [-0.4, -0.2) is 65.3 Å². The molecule has 0 amide bonds. The number of aromatic nitrogens is 1. The van der Waals surface area contributed by atoms with E-state index in [9.17, 15) is 5.11 Å². The lowest BCUT2D eigenvalue weighted by molar-refractivity contribution is -0.186. The first-order valence-corrected chi connectivity index (χ1v) is 11.1. The Hall–Kier alpha value is -1.83. The van der Waals surface area contributed by atoms with Crippen molar-refractivity contribution in [2.45, 2.75) is 56.4 Å². The van der Waals surface area contributed by atoms with Crippen molar-refractivity contribution in [3.63, 3.8) is 0 Å². The highest BCUT2D eigenvalue weighted by atomic mass is 16.7. The molecule has 30 heavy (non-hydrogen) atoms. The molecule has 1 aromatic heterocycles. The number of likely N-dealkylation sites (tertiary alicyclic amines) is 1. The number of rotatable bonds is 6. The molecule has 160 valence electrons. The molecule has 1 aromatic carbocycles. The van der Waals surface area contributed by atoms with Crippen molar-refractivity contribution in [2.75, 3.05) is 19.7 Å². The number of nitrogens with zero attached hydrogens (tertiary/aromatic N) is 2. The van der Waals surface area contributed by atoms with Gasteiger partial charge in [-0.1, -0.05) is 36.4 Å². The zero-order valence-corrected chi connectivity index (χ0v) is 17.3. The van der Waals surface area contributed by atoms with E-state index in [1.807, 2.05) is 18.2 Å². The second kappa shape index (κ2) is 9.12. The van der Waals surface area contributed by atoms with Crippen molar-refractivity contribution in [1.29, 1.82) is 0 Å². The molecule has 5 atom stereocenters. The molecule has 0 spiro atoms. The minimum atomic E-state index is -0.523. The summed E-state index contributed by atoms with van der Waals surface area (Å²) < 4.78 is 12.1. The van der Waals surface area contributed by atoms with Gasteiger partial charge in [-0.15, -0.1) is 0 Å². The summed E-state index contributed by atoms with van der Waals surface area (Å²) in [6.07, 6.45) is 4.24. The second-order valence-electron chi connectivity index (χ2n) is 8.75. The third kappa shape index (κ3) is 4.29. The van der Waals surface area contributed by atoms with Gasteiger partial charge < -0.3 is 19.9 Å². The zero-order valence-electron chi connectivity index (χ0n) is 17.3. The third-order valence-electron chi connectivity index (χ3n) is 6.81. The lowest BCUT2D eigenvalue weighted by Crippen LogP contribution is -2.65. The molecule has 0 aliphatic carbocycles. The Bertz CT molecular complexity index is 798. The Morgan fingerprint density at radius 3 is 2.63 bits per heavy atom. The number of hydrogen-bond acceptors (Lipinski definition) is 6. The molecule has 3 saturated heterocycles. The van der Waals surface area contributed by atoms with Crippen LogP contribution in [0.5, 0.6) is 0 Å². The van der Waals surface area contributed by atoms with Crippen LogP contribution >= 0.6 is 0 Å². The largest absolute Gasteiger partial charge is 0.390 e. The van der Waals surface area contributed by atoms with Crippen molar-refractivity contribution in [3.05, 3.63) is 66.0 Å². The van der Waals surface area contributed by atoms with Crippen LogP contribution in [-0.2, 0) is 22.4 Å². The SMILES string of the molecule is O[C@H]1[C@H](NCc2ccccn2)[C@@H]2CO[C@H](O2)[C@H]1N1CCC(Cc2ccccc2)CC1. The van der Waals surface area contributed by atoms with E-state index in [2.05, 4.69) is 45.5 Å². The van der Waals surface area contributed by atoms with Crippen molar-refractivity contribution >= 4 is 0 Å². The van der Waals surface area contributed by atoms with Gasteiger partial charge in [0.05, 0.1) is 30.5 Å². The molecule has 3 aliphatic heterocycles. The van der Waals surface area contributed by atoms with Crippen molar-refractivity contribution in [1.82, 2.24) is 15.2 Å². The number of fused-ring (bicyclic) bond motifs is 2. The molecule has 0 unspecified atom stereocenters. The van der Waals surface area contributed by atoms with Crippen LogP contribution in [0.2, 0.25) is 0 Å². The number of nitrogens with one attached hydrogen (secondary N) is 1. The molecule has 6 heteroatoms. The minimum Gasteiger partial charge on any atom is -0.390 e. The molecule has 2 aromatic rings. The fraction of sp³-hybridized carbons (Fsp3) is 0.542. The maximum atomic E-state index is 11.3. The minimum absolute atomic E-state index is 0.111. The predicted octanol–water partition coefficient (Wildman–Crippen LogP) is 1.98. The van der Waals surface area contributed by atoms with Crippen molar-refractivity contribution < 1.29 is 14.6 Å². The summed E-state index contributed by atoms with van der Waals surface area (Å²) in [6, 6.07) is 16.4. The topological polar surface area (TPSA) is 66.8 Å². The first-order valence-electron chi connectivity index (χ1n) is 11.1. The predicted molar refractivity (Wildman–Crippen MR) is 114 cm³/mol. The van der Waals surface area contributed by atoms with E-state index in [1.54, 1.807) is 6.20 Å². The first-order chi connectivity index (χ1) is 14.8. The van der Waals surface area contributed by atoms with Crippen LogP contribution in [0, 0.1) is 5.92 Å². The van der Waals surface area contributed by atoms with Gasteiger partial charge in [-0.3, -0.25) is 9.88 Å². The standard InChI is InChI=1S/C24H31N3O3/c28-23-21(26-15-19-8-4-5-11-25-19)20-16-29-24(30-20)22(23)27-12-9-18(10-13-27)14-17-6-2-1-3-7-17/h1-8,11,18,20-24,26,28H,9-10,12-16H2/t20-,21+,22-,23-,24+/m0/s1. The monoisotopic (exact) mass is 409 g/mol. The number of aliphatic hydroxyl groups excluding tert-OH is 1. The first kappa shape index (κ1) is 20.1. The summed E-state index contributed by atoms with van der Waals surface area (Å²) in [4.78, 5) is 6.76. The van der Waals surface area contributed by atoms with Crippen molar-refractivity contribution in [2.24, 2.45) is 5.92 Å². The Kier molecular flexibility index (Phi) is 6.11. The number of piperidine rings is 1. The average molecular weight is 410 g/mol. The van der Waals surface area contributed by atoms with Crippen LogP contribution in [0.25, 0.3) is 0 Å². The summed E-state index contributed by atoms with van der Waals surface area (Å²) in [7, 11) is 0. The molecule has 2 N–H and O–H groups in total. The Balaban J connectivity index is 1.20. The summed E-state index contributed by atoms with van der Waals surface area (Å²) in [5.74, 6) is 0.695. The summed E-state index contributed by atoms with van der Waals surface area (Å²) in [5.41, 5.74) is 2.38. The molecule has 4 heterocycles. The molecule has 3 fully saturated rings. The number of hydrogen-bond donors (Lipinski definition) is 2. The van der Waals surface area contributed by atoms with Crippen LogP contribution in [0.3, 0.4) is 0 Å². The maximum absolute atomic E-state index is 11.3. The number of benzene rings is 1. The van der Waals surface area contributed by atoms with Gasteiger partial charge in [0.1, 0.15) is 6.10 Å². The summed E-state index contributed by atoms with van der Waals surface area (Å²) >= 11 is 0. The van der Waals surface area contributed by atoms with Gasteiger partial charge in [0.15, 0.2) is 6.29 Å². The average Bonchev–Trinajstić information content (AvgIpc) is 3.21. The van der Waals surface area contributed by atoms with Gasteiger partial charge in [-0.05, 0) is 56.0 Å². The van der Waals surface area contributed by atoms with Gasteiger partial charge in [0.25, 0.3) is 0 Å². The number of pyridine rings is 1. The van der Waals surface area contributed by atoms with E-state index >= 15 is 0 Å². The summed E-state index contributed by atoms with van der Waals surface area (Å²) in [5, 5.41) is 14.7. The molecule has 0 radical (unpaired) electrons. The van der Waals surface area contributed by atoms with E-state index < -0.39 is 6.10 Å². The Morgan fingerprint density at radius 2 is 1.87 bits per heavy atom. The molecule has 6 nitrogen and oxygen atoms in total. The fourth-order valence-corrected chi connectivity index (χ4v) is 5.17. The quantitative estimate of drug-likeness (QED) is 0.761. The van der Waals surface area contributed by atoms with Gasteiger partial charge in [-0.25, -0.2) is 0 Å². The van der Waals surface area contributed by atoms with E-state index in [4.69, 9.17) is 9.47 Å². The highest BCUT2D eigenvalue weighted by molar-refractivity contribution is 5.15. The van der Waals surface area contributed by atoms with Gasteiger partial charge in [-0.2, -0.15) is 0 Å². The van der Waals surface area contributed by atoms with Crippen molar-refractivity contribution in [3.8, 4) is 0 Å². The molecule has 5 rings (SSSR count). The van der Waals surface area contributed by atoms with E-state index in [-0.39, 0.29) is 24.5 Å². The Morgan fingerprint density at radius 1 is 1.07 bits per heavy atom. The molecule has 3 aliphatic rings. The maximum Gasteiger partial charge on any atom is 0.176 e. The molecular weight excluding hydrogens is 378 g/mol. The molecule has 2 bridgehead atoms. The summed E-state index contributed by atoms with van der Waals surface area (Å²) in [6.45, 7) is 3.09. The van der Waals surface area contributed by atoms with Crippen LogP contribution in [0.4, 0.5) is 0 Å². The highest BCUT2D eigenvalue weighted by Gasteiger charge is 2.52. The van der Waals surface area contributed by atoms with Crippen LogP contribution in [0.1, 0.15) is 24.1 Å². The zero-order chi connectivity index (χ0) is 20.3.